The molecule has 24 heavy (non-hydrogen) atoms. The lowest BCUT2D eigenvalue weighted by molar-refractivity contribution is 0.262. The zero-order valence-corrected chi connectivity index (χ0v) is 14.6. The van der Waals surface area contributed by atoms with Crippen molar-refractivity contribution < 1.29 is 4.79 Å². The van der Waals surface area contributed by atoms with Gasteiger partial charge in [0, 0.05) is 30.5 Å². The number of benzene rings is 1. The van der Waals surface area contributed by atoms with Crippen LogP contribution in [0, 0.1) is 13.8 Å². The Labute approximate surface area is 142 Å². The van der Waals surface area contributed by atoms with Crippen LogP contribution in [0.3, 0.4) is 0 Å². The molecule has 128 valence electrons. The number of nitrogens with zero attached hydrogens (tertiary/aromatic N) is 3. The molecular formula is C17H24N6O. The molecule has 1 aromatic carbocycles. The van der Waals surface area contributed by atoms with Crippen molar-refractivity contribution in [2.24, 2.45) is 0 Å². The Bertz CT molecular complexity index is 701. The third-order valence-electron chi connectivity index (χ3n) is 3.22. The lowest BCUT2D eigenvalue weighted by Gasteiger charge is -2.12. The third kappa shape index (κ3) is 5.85. The minimum Gasteiger partial charge on any atom is -0.369 e. The second-order valence-corrected chi connectivity index (χ2v) is 5.90. The van der Waals surface area contributed by atoms with Gasteiger partial charge >= 0.3 is 6.03 Å². The maximum Gasteiger partial charge on any atom is 0.326 e. The maximum atomic E-state index is 12.1. The van der Waals surface area contributed by atoms with Crippen molar-refractivity contribution in [2.45, 2.75) is 13.8 Å². The number of anilines is 3. The van der Waals surface area contributed by atoms with Gasteiger partial charge < -0.3 is 15.5 Å². The Kier molecular flexibility index (Phi) is 6.08. The predicted molar refractivity (Wildman–Crippen MR) is 97.6 cm³/mol. The lowest BCUT2D eigenvalue weighted by Crippen LogP contribution is -2.23. The Balaban J connectivity index is 1.98. The van der Waals surface area contributed by atoms with Gasteiger partial charge in [-0.05, 0) is 45.6 Å². The molecule has 3 N–H and O–H groups in total. The van der Waals surface area contributed by atoms with Crippen molar-refractivity contribution in [2.75, 3.05) is 43.1 Å². The molecule has 0 aliphatic heterocycles. The van der Waals surface area contributed by atoms with Crippen molar-refractivity contribution >= 4 is 23.5 Å². The molecule has 0 saturated carbocycles. The fourth-order valence-corrected chi connectivity index (χ4v) is 2.11. The van der Waals surface area contributed by atoms with Crippen LogP contribution in [0.5, 0.6) is 0 Å². The summed E-state index contributed by atoms with van der Waals surface area (Å²) >= 11 is 0. The molecule has 0 atom stereocenters. The first-order valence-electron chi connectivity index (χ1n) is 7.81. The van der Waals surface area contributed by atoms with E-state index < -0.39 is 0 Å². The molecule has 1 aromatic heterocycles. The Hall–Kier alpha value is -2.67. The molecule has 7 nitrogen and oxygen atoms in total. The van der Waals surface area contributed by atoms with E-state index in [9.17, 15) is 4.79 Å². The molecule has 2 amide bonds. The number of aromatic nitrogens is 2. The van der Waals surface area contributed by atoms with E-state index in [2.05, 4.69) is 30.8 Å². The molecule has 0 unspecified atom stereocenters. The second kappa shape index (κ2) is 8.26. The SMILES string of the molecule is Cc1cccc(NC(=O)Nc2nc(C)cc(NCCN(C)C)n2)c1. The molecule has 1 heterocycles. The normalized spacial score (nSPS) is 10.5. The number of nitrogens with one attached hydrogen (secondary N) is 3. The van der Waals surface area contributed by atoms with Gasteiger partial charge in [-0.25, -0.2) is 9.78 Å². The fourth-order valence-electron chi connectivity index (χ4n) is 2.11. The van der Waals surface area contributed by atoms with Crippen molar-refractivity contribution in [3.8, 4) is 0 Å². The van der Waals surface area contributed by atoms with Crippen LogP contribution >= 0.6 is 0 Å². The summed E-state index contributed by atoms with van der Waals surface area (Å²) in [5.74, 6) is 0.961. The number of hydrogen-bond acceptors (Lipinski definition) is 5. The molecule has 2 aromatic rings. The van der Waals surface area contributed by atoms with Crippen LogP contribution in [0.4, 0.5) is 22.2 Å². The summed E-state index contributed by atoms with van der Waals surface area (Å²) in [6.07, 6.45) is 0. The van der Waals surface area contributed by atoms with E-state index in [-0.39, 0.29) is 12.0 Å². The highest BCUT2D eigenvalue weighted by Crippen LogP contribution is 2.12. The summed E-state index contributed by atoms with van der Waals surface area (Å²) in [6.45, 7) is 5.49. The van der Waals surface area contributed by atoms with E-state index in [1.54, 1.807) is 0 Å². The molecule has 0 saturated heterocycles. The summed E-state index contributed by atoms with van der Waals surface area (Å²) < 4.78 is 0. The van der Waals surface area contributed by atoms with Crippen LogP contribution in [-0.4, -0.2) is 48.1 Å². The highest BCUT2D eigenvalue weighted by Gasteiger charge is 2.07. The molecule has 0 bridgehead atoms. The number of aryl methyl sites for hydroxylation is 2. The average Bonchev–Trinajstić information content (AvgIpc) is 2.46. The smallest absolute Gasteiger partial charge is 0.326 e. The van der Waals surface area contributed by atoms with E-state index in [0.29, 0.717) is 5.82 Å². The first-order chi connectivity index (χ1) is 11.4. The topological polar surface area (TPSA) is 82.2 Å². The van der Waals surface area contributed by atoms with Crippen molar-refractivity contribution in [3.63, 3.8) is 0 Å². The number of carbonyl (C=O) groups is 1. The molecule has 7 heteroatoms. The predicted octanol–water partition coefficient (Wildman–Crippen LogP) is 2.71. The Morgan fingerprint density at radius 1 is 1.12 bits per heavy atom. The molecule has 2 rings (SSSR count). The molecular weight excluding hydrogens is 304 g/mol. The number of carbonyl (C=O) groups excluding carboxylic acids is 1. The maximum absolute atomic E-state index is 12.1. The monoisotopic (exact) mass is 328 g/mol. The summed E-state index contributed by atoms with van der Waals surface area (Å²) in [6, 6.07) is 9.06. The van der Waals surface area contributed by atoms with Crippen LogP contribution < -0.4 is 16.0 Å². The zero-order valence-electron chi connectivity index (χ0n) is 14.6. The zero-order chi connectivity index (χ0) is 17.5. The van der Waals surface area contributed by atoms with E-state index in [0.717, 1.165) is 30.0 Å². The van der Waals surface area contributed by atoms with Crippen molar-refractivity contribution in [1.82, 2.24) is 14.9 Å². The minimum atomic E-state index is -0.370. The standard InChI is InChI=1S/C17H24N6O/c1-12-6-5-7-14(10-12)20-17(24)22-16-19-13(2)11-15(21-16)18-8-9-23(3)4/h5-7,10-11H,8-9H2,1-4H3,(H3,18,19,20,21,22,24). The van der Waals surface area contributed by atoms with Gasteiger partial charge in [-0.3, -0.25) is 5.32 Å². The van der Waals surface area contributed by atoms with Gasteiger partial charge in [0.25, 0.3) is 0 Å². The van der Waals surface area contributed by atoms with Gasteiger partial charge in [0.1, 0.15) is 5.82 Å². The molecule has 0 spiro atoms. The Morgan fingerprint density at radius 2 is 1.92 bits per heavy atom. The number of hydrogen-bond donors (Lipinski definition) is 3. The van der Waals surface area contributed by atoms with Gasteiger partial charge in [-0.2, -0.15) is 4.98 Å². The van der Waals surface area contributed by atoms with Crippen molar-refractivity contribution in [1.29, 1.82) is 0 Å². The number of urea groups is 1. The number of amides is 2. The average molecular weight is 328 g/mol. The highest BCUT2D eigenvalue weighted by molar-refractivity contribution is 5.98. The van der Waals surface area contributed by atoms with E-state index in [4.69, 9.17) is 0 Å². The largest absolute Gasteiger partial charge is 0.369 e. The van der Waals surface area contributed by atoms with Gasteiger partial charge in [0.15, 0.2) is 0 Å². The minimum absolute atomic E-state index is 0.271. The van der Waals surface area contributed by atoms with Crippen molar-refractivity contribution in [3.05, 3.63) is 41.6 Å². The Morgan fingerprint density at radius 3 is 2.62 bits per heavy atom. The van der Waals surface area contributed by atoms with E-state index >= 15 is 0 Å². The molecule has 0 radical (unpaired) electrons. The summed E-state index contributed by atoms with van der Waals surface area (Å²) in [4.78, 5) is 22.7. The van der Waals surface area contributed by atoms with Crippen LogP contribution in [0.1, 0.15) is 11.3 Å². The van der Waals surface area contributed by atoms with Gasteiger partial charge in [0.2, 0.25) is 5.95 Å². The first-order valence-corrected chi connectivity index (χ1v) is 7.81. The summed E-state index contributed by atoms with van der Waals surface area (Å²) in [5.41, 5.74) is 2.58. The summed E-state index contributed by atoms with van der Waals surface area (Å²) in [5, 5.41) is 8.66. The fraction of sp³-hybridized carbons (Fsp3) is 0.353. The number of likely N-dealkylation sites (N-methyl/N-ethyl adjacent to an activating group) is 1. The van der Waals surface area contributed by atoms with Crippen LogP contribution in [0.2, 0.25) is 0 Å². The van der Waals surface area contributed by atoms with Gasteiger partial charge in [-0.15, -0.1) is 0 Å². The van der Waals surface area contributed by atoms with E-state index in [1.165, 1.54) is 0 Å². The first kappa shape index (κ1) is 17.7. The quantitative estimate of drug-likeness (QED) is 0.759. The van der Waals surface area contributed by atoms with Crippen LogP contribution in [-0.2, 0) is 0 Å². The van der Waals surface area contributed by atoms with Crippen LogP contribution in [0.25, 0.3) is 0 Å². The molecule has 0 fully saturated rings. The van der Waals surface area contributed by atoms with Gasteiger partial charge in [0.05, 0.1) is 0 Å². The number of rotatable bonds is 6. The summed E-state index contributed by atoms with van der Waals surface area (Å²) in [7, 11) is 4.02. The van der Waals surface area contributed by atoms with E-state index in [1.807, 2.05) is 58.3 Å². The van der Waals surface area contributed by atoms with Crippen LogP contribution in [0.15, 0.2) is 30.3 Å². The third-order valence-corrected chi connectivity index (χ3v) is 3.22. The highest BCUT2D eigenvalue weighted by atomic mass is 16.2. The molecule has 0 aliphatic rings. The molecule has 0 aliphatic carbocycles. The second-order valence-electron chi connectivity index (χ2n) is 5.90. The van der Waals surface area contributed by atoms with Gasteiger partial charge in [-0.1, -0.05) is 12.1 Å². The lowest BCUT2D eigenvalue weighted by atomic mass is 10.2.